The zero-order valence-corrected chi connectivity index (χ0v) is 9.08. The Morgan fingerprint density at radius 3 is 2.60 bits per heavy atom. The van der Waals surface area contributed by atoms with Crippen molar-refractivity contribution in [2.24, 2.45) is 0 Å². The van der Waals surface area contributed by atoms with Gasteiger partial charge in [-0.05, 0) is 24.6 Å². The van der Waals surface area contributed by atoms with Crippen molar-refractivity contribution in [1.82, 2.24) is 0 Å². The van der Waals surface area contributed by atoms with Gasteiger partial charge in [0.1, 0.15) is 0 Å². The maximum atomic E-state index is 11.9. The Bertz CT molecular complexity index is 336. The summed E-state index contributed by atoms with van der Waals surface area (Å²) < 4.78 is 35.7. The van der Waals surface area contributed by atoms with Crippen molar-refractivity contribution in [3.05, 3.63) is 23.8 Å². The fourth-order valence-corrected chi connectivity index (χ4v) is 2.12. The number of nitrogen functional groups attached to an aromatic ring is 1. The first kappa shape index (κ1) is 12.2. The highest BCUT2D eigenvalue weighted by Gasteiger charge is 2.26. The van der Waals surface area contributed by atoms with Gasteiger partial charge in [0.2, 0.25) is 0 Å². The van der Waals surface area contributed by atoms with Crippen LogP contribution in [0.1, 0.15) is 12.0 Å². The molecule has 1 aromatic carbocycles. The molecule has 0 unspecified atom stereocenters. The molecule has 0 heterocycles. The average molecular weight is 235 g/mol. The number of hydrogen-bond acceptors (Lipinski definition) is 2. The zero-order chi connectivity index (χ0) is 11.5. The number of benzene rings is 1. The quantitative estimate of drug-likeness (QED) is 0.639. The monoisotopic (exact) mass is 235 g/mol. The second-order valence-corrected chi connectivity index (χ2v) is 4.38. The summed E-state index contributed by atoms with van der Waals surface area (Å²) in [5.41, 5.74) is 7.08. The normalized spacial score (nSPS) is 11.7. The molecule has 84 valence electrons. The fraction of sp³-hybridized carbons (Fsp3) is 0.400. The first-order valence-electron chi connectivity index (χ1n) is 4.44. The summed E-state index contributed by atoms with van der Waals surface area (Å²) in [7, 11) is 0. The molecule has 0 aliphatic rings. The van der Waals surface area contributed by atoms with E-state index < -0.39 is 12.6 Å². The van der Waals surface area contributed by atoms with Crippen molar-refractivity contribution >= 4 is 17.4 Å². The highest BCUT2D eigenvalue weighted by molar-refractivity contribution is 7.99. The molecule has 0 saturated carbocycles. The minimum atomic E-state index is -4.08. The van der Waals surface area contributed by atoms with E-state index in [4.69, 9.17) is 5.73 Å². The van der Waals surface area contributed by atoms with Crippen molar-refractivity contribution in [3.63, 3.8) is 0 Å². The van der Waals surface area contributed by atoms with E-state index in [1.165, 1.54) is 11.8 Å². The van der Waals surface area contributed by atoms with Crippen LogP contribution in [0.25, 0.3) is 0 Å². The third kappa shape index (κ3) is 4.46. The molecular formula is C10H12F3NS. The van der Waals surface area contributed by atoms with Crippen molar-refractivity contribution in [2.75, 3.05) is 11.5 Å². The fourth-order valence-electron chi connectivity index (χ4n) is 1.05. The molecule has 0 amide bonds. The molecule has 1 nitrogen and oxygen atoms in total. The number of thioether (sulfide) groups is 1. The Balaban J connectivity index is 2.54. The molecule has 2 N–H and O–H groups in total. The van der Waals surface area contributed by atoms with Gasteiger partial charge < -0.3 is 5.73 Å². The highest BCUT2D eigenvalue weighted by Crippen LogP contribution is 2.29. The predicted molar refractivity (Wildman–Crippen MR) is 57.0 cm³/mol. The number of nitrogens with two attached hydrogens (primary N) is 1. The summed E-state index contributed by atoms with van der Waals surface area (Å²) in [5, 5.41) is 0. The molecule has 0 saturated heterocycles. The number of halogens is 3. The lowest BCUT2D eigenvalue weighted by Gasteiger charge is -2.08. The van der Waals surface area contributed by atoms with Crippen LogP contribution in [-0.4, -0.2) is 11.9 Å². The molecule has 0 bridgehead atoms. The van der Waals surface area contributed by atoms with E-state index in [1.54, 1.807) is 12.1 Å². The zero-order valence-electron chi connectivity index (χ0n) is 8.27. The lowest BCUT2D eigenvalue weighted by molar-refractivity contribution is -0.129. The van der Waals surface area contributed by atoms with E-state index in [0.29, 0.717) is 5.69 Å². The molecule has 0 aliphatic carbocycles. The molecular weight excluding hydrogens is 223 g/mol. The Labute approximate surface area is 90.9 Å². The topological polar surface area (TPSA) is 26.0 Å². The summed E-state index contributed by atoms with van der Waals surface area (Å²) in [5.74, 6) is 0.0355. The van der Waals surface area contributed by atoms with Gasteiger partial charge >= 0.3 is 6.18 Å². The Hall–Kier alpha value is -0.840. The average Bonchev–Trinajstić information content (AvgIpc) is 2.09. The molecule has 0 aromatic heterocycles. The molecule has 15 heavy (non-hydrogen) atoms. The van der Waals surface area contributed by atoms with E-state index in [2.05, 4.69) is 0 Å². The summed E-state index contributed by atoms with van der Waals surface area (Å²) in [6.07, 6.45) is -4.85. The van der Waals surface area contributed by atoms with Crippen molar-refractivity contribution in [1.29, 1.82) is 0 Å². The van der Waals surface area contributed by atoms with Gasteiger partial charge in [0, 0.05) is 16.3 Å². The summed E-state index contributed by atoms with van der Waals surface area (Å²) in [4.78, 5) is 0.819. The van der Waals surface area contributed by atoms with Gasteiger partial charge in [-0.3, -0.25) is 0 Å². The van der Waals surface area contributed by atoms with E-state index in [0.717, 1.165) is 10.5 Å². The first-order valence-corrected chi connectivity index (χ1v) is 5.43. The predicted octanol–water partition coefficient (Wildman–Crippen LogP) is 3.62. The number of aryl methyl sites for hydroxylation is 1. The summed E-state index contributed by atoms with van der Waals surface area (Å²) in [6.45, 7) is 1.86. The third-order valence-corrected chi connectivity index (χ3v) is 3.01. The lowest BCUT2D eigenvalue weighted by atomic mass is 10.2. The van der Waals surface area contributed by atoms with Crippen molar-refractivity contribution in [2.45, 2.75) is 24.4 Å². The molecule has 5 heteroatoms. The van der Waals surface area contributed by atoms with Gasteiger partial charge in [0.05, 0.1) is 6.42 Å². The Morgan fingerprint density at radius 2 is 2.00 bits per heavy atom. The number of rotatable bonds is 3. The van der Waals surface area contributed by atoms with Gasteiger partial charge in [-0.15, -0.1) is 11.8 Å². The van der Waals surface area contributed by atoms with E-state index >= 15 is 0 Å². The van der Waals surface area contributed by atoms with Crippen LogP contribution in [0.3, 0.4) is 0 Å². The van der Waals surface area contributed by atoms with Crippen LogP contribution in [0.5, 0.6) is 0 Å². The van der Waals surface area contributed by atoms with Crippen LogP contribution in [0.2, 0.25) is 0 Å². The van der Waals surface area contributed by atoms with E-state index in [9.17, 15) is 13.2 Å². The largest absolute Gasteiger partial charge is 0.399 e. The molecule has 0 atom stereocenters. The number of anilines is 1. The van der Waals surface area contributed by atoms with Crippen LogP contribution >= 0.6 is 11.8 Å². The first-order chi connectivity index (χ1) is 6.88. The molecule has 1 aromatic rings. The number of hydrogen-bond donors (Lipinski definition) is 1. The minimum absolute atomic E-state index is 0.0355. The minimum Gasteiger partial charge on any atom is -0.399 e. The highest BCUT2D eigenvalue weighted by atomic mass is 32.2. The Kier molecular flexibility index (Phi) is 3.90. The van der Waals surface area contributed by atoms with E-state index in [1.807, 2.05) is 13.0 Å². The second-order valence-electron chi connectivity index (χ2n) is 3.24. The maximum absolute atomic E-state index is 11.9. The van der Waals surface area contributed by atoms with Gasteiger partial charge in [-0.1, -0.05) is 6.07 Å². The van der Waals surface area contributed by atoms with Crippen LogP contribution < -0.4 is 5.73 Å². The summed E-state index contributed by atoms with van der Waals surface area (Å²) in [6, 6.07) is 5.25. The SMILES string of the molecule is Cc1ccc(N)cc1SCCC(F)(F)F. The molecule has 0 spiro atoms. The molecule has 1 rings (SSSR count). The lowest BCUT2D eigenvalue weighted by Crippen LogP contribution is -2.08. The van der Waals surface area contributed by atoms with Crippen LogP contribution in [0, 0.1) is 6.92 Å². The summed E-state index contributed by atoms with van der Waals surface area (Å²) >= 11 is 1.19. The number of alkyl halides is 3. The van der Waals surface area contributed by atoms with Gasteiger partial charge in [0.25, 0.3) is 0 Å². The maximum Gasteiger partial charge on any atom is 0.389 e. The van der Waals surface area contributed by atoms with Gasteiger partial charge in [0.15, 0.2) is 0 Å². The van der Waals surface area contributed by atoms with Crippen LogP contribution in [0.4, 0.5) is 18.9 Å². The van der Waals surface area contributed by atoms with Crippen molar-refractivity contribution in [3.8, 4) is 0 Å². The van der Waals surface area contributed by atoms with Crippen molar-refractivity contribution < 1.29 is 13.2 Å². The smallest absolute Gasteiger partial charge is 0.389 e. The molecule has 0 aliphatic heterocycles. The third-order valence-electron chi connectivity index (χ3n) is 1.86. The Morgan fingerprint density at radius 1 is 1.33 bits per heavy atom. The van der Waals surface area contributed by atoms with Crippen LogP contribution in [-0.2, 0) is 0 Å². The van der Waals surface area contributed by atoms with E-state index in [-0.39, 0.29) is 5.75 Å². The standard InChI is InChI=1S/C10H12F3NS/c1-7-2-3-8(14)6-9(7)15-5-4-10(11,12)13/h2-3,6H,4-5,14H2,1H3. The van der Waals surface area contributed by atoms with Crippen LogP contribution in [0.15, 0.2) is 23.1 Å². The van der Waals surface area contributed by atoms with Gasteiger partial charge in [-0.25, -0.2) is 0 Å². The molecule has 0 radical (unpaired) electrons. The molecule has 0 fully saturated rings. The van der Waals surface area contributed by atoms with Gasteiger partial charge in [-0.2, -0.15) is 13.2 Å². The second kappa shape index (κ2) is 4.79.